The molecule has 0 aliphatic carbocycles. The van der Waals surface area contributed by atoms with E-state index in [1.165, 1.54) is 0 Å². The lowest BCUT2D eigenvalue weighted by Crippen LogP contribution is -2.48. The van der Waals surface area contributed by atoms with E-state index in [0.717, 1.165) is 5.56 Å². The third-order valence-corrected chi connectivity index (χ3v) is 5.70. The molecule has 1 amide bonds. The molecule has 0 aromatic heterocycles. The normalized spacial score (nSPS) is 17.9. The van der Waals surface area contributed by atoms with Crippen LogP contribution in [0.2, 0.25) is 10.0 Å². The van der Waals surface area contributed by atoms with Gasteiger partial charge in [0.1, 0.15) is 18.4 Å². The molecule has 1 fully saturated rings. The maximum Gasteiger partial charge on any atom is 0.328 e. The zero-order valence-electron chi connectivity index (χ0n) is 18.7. The molecule has 0 bridgehead atoms. The van der Waals surface area contributed by atoms with Crippen LogP contribution in [0.3, 0.4) is 0 Å². The van der Waals surface area contributed by atoms with Crippen molar-refractivity contribution in [3.8, 4) is 5.75 Å². The van der Waals surface area contributed by atoms with Crippen molar-refractivity contribution < 1.29 is 28.5 Å². The Bertz CT molecular complexity index is 959. The van der Waals surface area contributed by atoms with Gasteiger partial charge in [0.25, 0.3) is 5.91 Å². The number of ether oxygens (including phenoxy) is 4. The van der Waals surface area contributed by atoms with Crippen LogP contribution in [0.5, 0.6) is 5.75 Å². The third kappa shape index (κ3) is 7.08. The fourth-order valence-electron chi connectivity index (χ4n) is 3.30. The molecule has 2 unspecified atom stereocenters. The largest absolute Gasteiger partial charge is 0.489 e. The monoisotopic (exact) mass is 495 g/mol. The molecule has 178 valence electrons. The lowest BCUT2D eigenvalue weighted by molar-refractivity contribution is -0.156. The molecule has 1 saturated heterocycles. The number of carbonyl (C=O) groups is 2. The van der Waals surface area contributed by atoms with Gasteiger partial charge in [0.05, 0.1) is 13.2 Å². The van der Waals surface area contributed by atoms with Gasteiger partial charge in [0.2, 0.25) is 0 Å². The van der Waals surface area contributed by atoms with E-state index < -0.39 is 29.8 Å². The van der Waals surface area contributed by atoms with Gasteiger partial charge >= 0.3 is 5.97 Å². The van der Waals surface area contributed by atoms with E-state index in [2.05, 4.69) is 5.32 Å². The molecule has 0 radical (unpaired) electrons. The molecule has 2 aromatic rings. The molecule has 1 aliphatic heterocycles. The van der Waals surface area contributed by atoms with Crippen molar-refractivity contribution in [3.63, 3.8) is 0 Å². The molecule has 2 atom stereocenters. The molecule has 2 aromatic carbocycles. The van der Waals surface area contributed by atoms with Crippen molar-refractivity contribution in [3.05, 3.63) is 63.6 Å². The quantitative estimate of drug-likeness (QED) is 0.521. The molecular weight excluding hydrogens is 469 g/mol. The van der Waals surface area contributed by atoms with Crippen LogP contribution >= 0.6 is 23.2 Å². The Morgan fingerprint density at radius 3 is 2.39 bits per heavy atom. The Hall–Kier alpha value is -2.32. The molecule has 0 saturated carbocycles. The highest BCUT2D eigenvalue weighted by molar-refractivity contribution is 6.35. The van der Waals surface area contributed by atoms with Crippen LogP contribution < -0.4 is 10.1 Å². The number of carbonyl (C=O) groups excluding carboxylic acids is 2. The van der Waals surface area contributed by atoms with Crippen molar-refractivity contribution >= 4 is 35.1 Å². The fourth-order valence-corrected chi connectivity index (χ4v) is 3.81. The Kier molecular flexibility index (Phi) is 8.59. The molecule has 7 nitrogen and oxygen atoms in total. The van der Waals surface area contributed by atoms with E-state index in [9.17, 15) is 9.59 Å². The zero-order valence-corrected chi connectivity index (χ0v) is 20.2. The van der Waals surface area contributed by atoms with Crippen LogP contribution in [-0.4, -0.2) is 43.0 Å². The minimum atomic E-state index is -0.863. The molecule has 3 rings (SSSR count). The van der Waals surface area contributed by atoms with E-state index in [1.807, 2.05) is 12.1 Å². The number of hydrogen-bond acceptors (Lipinski definition) is 6. The second kappa shape index (κ2) is 11.2. The molecular formula is C24H27Cl2NO6. The summed E-state index contributed by atoms with van der Waals surface area (Å²) in [5.74, 6) is -1.16. The lowest BCUT2D eigenvalue weighted by Gasteiger charge is -2.20. The SMILES string of the molecule is CCOC(=O)C(Cc1ccc(OCc2c(Cl)cccc2Cl)cc1)NC(=O)C1COC(C)(C)O1. The average molecular weight is 496 g/mol. The highest BCUT2D eigenvalue weighted by Gasteiger charge is 2.38. The highest BCUT2D eigenvalue weighted by Crippen LogP contribution is 2.26. The first kappa shape index (κ1) is 25.3. The maximum absolute atomic E-state index is 12.6. The Morgan fingerprint density at radius 1 is 1.15 bits per heavy atom. The van der Waals surface area contributed by atoms with E-state index in [1.54, 1.807) is 51.1 Å². The molecule has 33 heavy (non-hydrogen) atoms. The summed E-state index contributed by atoms with van der Waals surface area (Å²) in [7, 11) is 0. The number of esters is 1. The first-order valence-electron chi connectivity index (χ1n) is 10.6. The number of halogens is 2. The average Bonchev–Trinajstić information content (AvgIpc) is 3.14. The van der Waals surface area contributed by atoms with Crippen molar-refractivity contribution in [2.24, 2.45) is 0 Å². The minimum absolute atomic E-state index is 0.121. The standard InChI is InChI=1S/C24H27Cl2NO6/c1-4-30-23(29)20(27-22(28)21-14-32-24(2,3)33-21)12-15-8-10-16(11-9-15)31-13-17-18(25)6-5-7-19(17)26/h5-11,20-21H,4,12-14H2,1-3H3,(H,27,28). The fraction of sp³-hybridized carbons (Fsp3) is 0.417. The van der Waals surface area contributed by atoms with E-state index >= 15 is 0 Å². The summed E-state index contributed by atoms with van der Waals surface area (Å²) in [6, 6.07) is 11.6. The Morgan fingerprint density at radius 2 is 1.82 bits per heavy atom. The molecule has 1 N–H and O–H groups in total. The molecule has 0 spiro atoms. The summed E-state index contributed by atoms with van der Waals surface area (Å²) < 4.78 is 21.9. The maximum atomic E-state index is 12.6. The number of benzene rings is 2. The summed E-state index contributed by atoms with van der Waals surface area (Å²) in [5, 5.41) is 3.79. The van der Waals surface area contributed by atoms with Crippen LogP contribution in [0.25, 0.3) is 0 Å². The molecule has 9 heteroatoms. The molecule has 1 heterocycles. The first-order chi connectivity index (χ1) is 15.7. The summed E-state index contributed by atoms with van der Waals surface area (Å²) >= 11 is 12.4. The third-order valence-electron chi connectivity index (χ3n) is 5.00. The van der Waals surface area contributed by atoms with Gasteiger partial charge in [-0.2, -0.15) is 0 Å². The smallest absolute Gasteiger partial charge is 0.328 e. The topological polar surface area (TPSA) is 83.1 Å². The lowest BCUT2D eigenvalue weighted by atomic mass is 10.1. The van der Waals surface area contributed by atoms with Crippen molar-refractivity contribution in [2.75, 3.05) is 13.2 Å². The van der Waals surface area contributed by atoms with E-state index in [4.69, 9.17) is 42.1 Å². The Labute approximate surface area is 203 Å². The number of rotatable bonds is 9. The summed E-state index contributed by atoms with van der Waals surface area (Å²) in [6.07, 6.45) is -0.539. The van der Waals surface area contributed by atoms with E-state index in [0.29, 0.717) is 21.4 Å². The van der Waals surface area contributed by atoms with Gasteiger partial charge < -0.3 is 24.3 Å². The summed E-state index contributed by atoms with van der Waals surface area (Å²) in [5.41, 5.74) is 1.52. The summed E-state index contributed by atoms with van der Waals surface area (Å²) in [4.78, 5) is 25.1. The van der Waals surface area contributed by atoms with Crippen LogP contribution in [0, 0.1) is 0 Å². The van der Waals surface area contributed by atoms with Crippen LogP contribution in [0.4, 0.5) is 0 Å². The number of hydrogen-bond donors (Lipinski definition) is 1. The van der Waals surface area contributed by atoms with Crippen molar-refractivity contribution in [2.45, 2.75) is 51.7 Å². The first-order valence-corrected chi connectivity index (χ1v) is 11.4. The number of amides is 1. The van der Waals surface area contributed by atoms with Crippen molar-refractivity contribution in [1.29, 1.82) is 0 Å². The van der Waals surface area contributed by atoms with Gasteiger partial charge in [0.15, 0.2) is 11.9 Å². The van der Waals surface area contributed by atoms with Gasteiger partial charge in [-0.05, 0) is 50.6 Å². The second-order valence-corrected chi connectivity index (χ2v) is 8.78. The van der Waals surface area contributed by atoms with Crippen LogP contribution in [0.15, 0.2) is 42.5 Å². The summed E-state index contributed by atoms with van der Waals surface area (Å²) in [6.45, 7) is 5.72. The van der Waals surface area contributed by atoms with Gasteiger partial charge in [-0.3, -0.25) is 4.79 Å². The predicted molar refractivity (Wildman–Crippen MR) is 124 cm³/mol. The van der Waals surface area contributed by atoms with Gasteiger partial charge in [-0.15, -0.1) is 0 Å². The van der Waals surface area contributed by atoms with Gasteiger partial charge in [0, 0.05) is 22.0 Å². The predicted octanol–water partition coefficient (Wildman–Crippen LogP) is 4.31. The van der Waals surface area contributed by atoms with Gasteiger partial charge in [-0.1, -0.05) is 41.4 Å². The minimum Gasteiger partial charge on any atom is -0.489 e. The molecule has 1 aliphatic rings. The van der Waals surface area contributed by atoms with Crippen molar-refractivity contribution in [1.82, 2.24) is 5.32 Å². The van der Waals surface area contributed by atoms with Crippen LogP contribution in [0.1, 0.15) is 31.9 Å². The van der Waals surface area contributed by atoms with Crippen LogP contribution in [-0.2, 0) is 36.8 Å². The highest BCUT2D eigenvalue weighted by atomic mass is 35.5. The Balaban J connectivity index is 1.62. The zero-order chi connectivity index (χ0) is 24.0. The van der Waals surface area contributed by atoms with E-state index in [-0.39, 0.29) is 26.2 Å². The van der Waals surface area contributed by atoms with Gasteiger partial charge in [-0.25, -0.2) is 4.79 Å². The second-order valence-electron chi connectivity index (χ2n) is 7.97. The number of nitrogens with one attached hydrogen (secondary N) is 1.